The number of ether oxygens (including phenoxy) is 1. The molecule has 0 bridgehead atoms. The van der Waals surface area contributed by atoms with Crippen LogP contribution in [0.1, 0.15) is 49.8 Å². The number of benzene rings is 2. The van der Waals surface area contributed by atoms with Gasteiger partial charge in [0.1, 0.15) is 0 Å². The Hall–Kier alpha value is -1.79. The molecule has 1 N–H and O–H groups in total. The van der Waals surface area contributed by atoms with E-state index >= 15 is 0 Å². The number of aliphatic hydroxyl groups is 1. The first-order valence-corrected chi connectivity index (χ1v) is 11.2. The fourth-order valence-corrected chi connectivity index (χ4v) is 4.70. The van der Waals surface area contributed by atoms with Crippen LogP contribution < -0.4 is 0 Å². The van der Waals surface area contributed by atoms with E-state index in [2.05, 4.69) is 5.16 Å². The van der Waals surface area contributed by atoms with Gasteiger partial charge in [0.25, 0.3) is 0 Å². The number of halogens is 3. The van der Waals surface area contributed by atoms with Gasteiger partial charge in [0.15, 0.2) is 5.60 Å². The van der Waals surface area contributed by atoms with E-state index in [-0.39, 0.29) is 11.9 Å². The van der Waals surface area contributed by atoms with E-state index in [1.54, 1.807) is 19.1 Å². The van der Waals surface area contributed by atoms with Gasteiger partial charge in [-0.25, -0.2) is 0 Å². The molecule has 0 amide bonds. The van der Waals surface area contributed by atoms with Crippen LogP contribution in [0, 0.1) is 5.92 Å². The first-order chi connectivity index (χ1) is 14.6. The summed E-state index contributed by atoms with van der Waals surface area (Å²) in [6.45, 7) is 4.04. The summed E-state index contributed by atoms with van der Waals surface area (Å²) in [7, 11) is 0. The Bertz CT molecular complexity index is 1020. The molecule has 164 valence electrons. The van der Waals surface area contributed by atoms with Crippen LogP contribution in [0.5, 0.6) is 0 Å². The third-order valence-electron chi connectivity index (χ3n) is 6.00. The molecule has 1 unspecified atom stereocenters. The molecule has 2 aliphatic rings. The quantitative estimate of drug-likeness (QED) is 0.429. The van der Waals surface area contributed by atoms with Crippen LogP contribution in [0.3, 0.4) is 0 Å². The highest BCUT2D eigenvalue weighted by atomic mass is 35.5. The van der Waals surface area contributed by atoms with E-state index < -0.39 is 11.2 Å². The minimum Gasteiger partial charge on any atom is -0.466 e. The molecule has 1 fully saturated rings. The molecular formula is C23H22Cl3NO4. The number of esters is 1. The van der Waals surface area contributed by atoms with E-state index in [0.29, 0.717) is 40.9 Å². The van der Waals surface area contributed by atoms with E-state index in [4.69, 9.17) is 44.4 Å². The maximum atomic E-state index is 11.8. The maximum Gasteiger partial charge on any atom is 0.309 e. The number of carbonyl (C=O) groups excluding carboxylic acids is 1. The van der Waals surface area contributed by atoms with Gasteiger partial charge in [-0.05, 0) is 49.9 Å². The van der Waals surface area contributed by atoms with E-state index in [0.717, 1.165) is 22.4 Å². The Labute approximate surface area is 195 Å². The molecule has 1 aliphatic carbocycles. The molecular weight excluding hydrogens is 461 g/mol. The van der Waals surface area contributed by atoms with E-state index in [1.165, 1.54) is 0 Å². The van der Waals surface area contributed by atoms with Crippen molar-refractivity contribution in [1.82, 2.24) is 0 Å². The summed E-state index contributed by atoms with van der Waals surface area (Å²) in [4.78, 5) is 17.6. The zero-order valence-corrected chi connectivity index (χ0v) is 19.4. The van der Waals surface area contributed by atoms with Gasteiger partial charge in [0.05, 0.1) is 38.9 Å². The molecule has 0 aromatic heterocycles. The minimum atomic E-state index is -1.00. The van der Waals surface area contributed by atoms with Gasteiger partial charge < -0.3 is 14.7 Å². The summed E-state index contributed by atoms with van der Waals surface area (Å²) in [5.74, 6) is -0.501. The second-order valence-electron chi connectivity index (χ2n) is 8.26. The highest BCUT2D eigenvalue weighted by molar-refractivity contribution is 6.48. The lowest BCUT2D eigenvalue weighted by atomic mass is 9.67. The molecule has 8 heteroatoms. The molecule has 1 atom stereocenters. The molecule has 31 heavy (non-hydrogen) atoms. The lowest BCUT2D eigenvalue weighted by molar-refractivity contribution is -0.165. The number of rotatable bonds is 5. The fourth-order valence-electron chi connectivity index (χ4n) is 4.10. The van der Waals surface area contributed by atoms with E-state index in [9.17, 15) is 9.90 Å². The number of nitrogens with zero attached hydrogens (tertiary/aromatic N) is 1. The number of hydrogen-bond acceptors (Lipinski definition) is 5. The Kier molecular flexibility index (Phi) is 5.99. The van der Waals surface area contributed by atoms with Crippen LogP contribution >= 0.6 is 34.8 Å². The Morgan fingerprint density at radius 3 is 2.35 bits per heavy atom. The molecule has 2 aromatic carbocycles. The molecule has 0 spiro atoms. The van der Waals surface area contributed by atoms with Crippen molar-refractivity contribution in [2.45, 2.75) is 44.3 Å². The maximum absolute atomic E-state index is 11.8. The van der Waals surface area contributed by atoms with Crippen LogP contribution in [0.25, 0.3) is 0 Å². The van der Waals surface area contributed by atoms with Gasteiger partial charge in [-0.2, -0.15) is 0 Å². The first kappa shape index (κ1) is 22.4. The van der Waals surface area contributed by atoms with Crippen LogP contribution in [0.2, 0.25) is 15.1 Å². The molecule has 0 saturated heterocycles. The zero-order chi connectivity index (χ0) is 22.4. The summed E-state index contributed by atoms with van der Waals surface area (Å²) in [6.07, 6.45) is 1.26. The predicted octanol–water partition coefficient (Wildman–Crippen LogP) is 5.85. The van der Waals surface area contributed by atoms with Crippen molar-refractivity contribution < 1.29 is 19.5 Å². The second kappa shape index (κ2) is 8.28. The fraction of sp³-hybridized carbons (Fsp3) is 0.391. The van der Waals surface area contributed by atoms with Crippen molar-refractivity contribution in [2.24, 2.45) is 11.1 Å². The lowest BCUT2D eigenvalue weighted by Crippen LogP contribution is -2.45. The van der Waals surface area contributed by atoms with Crippen molar-refractivity contribution in [3.63, 3.8) is 0 Å². The van der Waals surface area contributed by atoms with Gasteiger partial charge in [-0.1, -0.05) is 64.2 Å². The molecule has 1 saturated carbocycles. The van der Waals surface area contributed by atoms with E-state index in [1.807, 2.05) is 31.2 Å². The highest BCUT2D eigenvalue weighted by Crippen LogP contribution is 2.46. The van der Waals surface area contributed by atoms with Gasteiger partial charge in [0, 0.05) is 12.0 Å². The Morgan fingerprint density at radius 2 is 1.77 bits per heavy atom. The minimum absolute atomic E-state index is 0.247. The van der Waals surface area contributed by atoms with Crippen LogP contribution in [-0.2, 0) is 25.6 Å². The summed E-state index contributed by atoms with van der Waals surface area (Å²) in [5, 5.41) is 16.1. The van der Waals surface area contributed by atoms with Crippen molar-refractivity contribution in [1.29, 1.82) is 0 Å². The molecule has 1 heterocycles. The third kappa shape index (κ3) is 4.17. The largest absolute Gasteiger partial charge is 0.466 e. The van der Waals surface area contributed by atoms with Crippen LogP contribution in [-0.4, -0.2) is 23.4 Å². The monoisotopic (exact) mass is 481 g/mol. The average Bonchev–Trinajstić information content (AvgIpc) is 3.13. The summed E-state index contributed by atoms with van der Waals surface area (Å²) < 4.78 is 5.04. The molecule has 4 rings (SSSR count). The Balaban J connectivity index is 1.46. The summed E-state index contributed by atoms with van der Waals surface area (Å²) in [6, 6.07) is 11.0. The summed E-state index contributed by atoms with van der Waals surface area (Å²) in [5.41, 5.74) is 1.51. The number of carbonyl (C=O) groups is 1. The van der Waals surface area contributed by atoms with Crippen molar-refractivity contribution in [2.75, 3.05) is 6.61 Å². The van der Waals surface area contributed by atoms with Gasteiger partial charge >= 0.3 is 5.97 Å². The molecule has 1 aliphatic heterocycles. The highest BCUT2D eigenvalue weighted by Gasteiger charge is 2.48. The topological polar surface area (TPSA) is 68.1 Å². The van der Waals surface area contributed by atoms with Crippen molar-refractivity contribution >= 4 is 46.5 Å². The van der Waals surface area contributed by atoms with Crippen molar-refractivity contribution in [3.8, 4) is 0 Å². The number of hydrogen-bond donors (Lipinski definition) is 1. The lowest BCUT2D eigenvalue weighted by Gasteiger charge is -2.42. The molecule has 2 aromatic rings. The van der Waals surface area contributed by atoms with Gasteiger partial charge in [-0.3, -0.25) is 4.79 Å². The molecule has 0 radical (unpaired) electrons. The van der Waals surface area contributed by atoms with Gasteiger partial charge in [-0.15, -0.1) is 0 Å². The third-order valence-corrected chi connectivity index (χ3v) is 7.20. The molecule has 5 nitrogen and oxygen atoms in total. The van der Waals surface area contributed by atoms with Crippen LogP contribution in [0.4, 0.5) is 0 Å². The first-order valence-electron chi connectivity index (χ1n) is 10.1. The SMILES string of the molecule is CCOC(=O)C1CC(O)(c2ccc(C3=NOC(C)(c4cc(Cl)c(Cl)c(Cl)c4)C3)cc2)C1. The predicted molar refractivity (Wildman–Crippen MR) is 121 cm³/mol. The standard InChI is InChI=1S/C23H22Cl3NO4/c1-3-30-21(28)14-10-23(29,11-14)15-6-4-13(5-7-15)19-12-22(2,31-27-19)16-8-17(24)20(26)18(25)9-16/h4-9,14,29H,3,10-12H2,1-2H3. The Morgan fingerprint density at radius 1 is 1.16 bits per heavy atom. The summed E-state index contributed by atoms with van der Waals surface area (Å²) >= 11 is 18.4. The zero-order valence-electron chi connectivity index (χ0n) is 17.1. The average molecular weight is 483 g/mol. The van der Waals surface area contributed by atoms with Crippen molar-refractivity contribution in [3.05, 3.63) is 68.2 Å². The van der Waals surface area contributed by atoms with Gasteiger partial charge in [0.2, 0.25) is 0 Å². The normalized spacial score (nSPS) is 27.3. The van der Waals surface area contributed by atoms with Crippen LogP contribution in [0.15, 0.2) is 41.6 Å². The second-order valence-corrected chi connectivity index (χ2v) is 9.45. The number of oxime groups is 1. The smallest absolute Gasteiger partial charge is 0.309 e.